The van der Waals surface area contributed by atoms with E-state index in [0.717, 1.165) is 4.68 Å². The highest BCUT2D eigenvalue weighted by Gasteiger charge is 1.69. The number of nitrogens with zero attached hydrogens (tertiary/aromatic N) is 3. The molecule has 5 heteroatoms. The molecular weight excluding hydrogens is 279 g/mol. The first-order valence-corrected chi connectivity index (χ1v) is 4.31. The van der Waals surface area contributed by atoms with E-state index in [9.17, 15) is 0 Å². The molecule has 0 fully saturated rings. The van der Waals surface area contributed by atoms with Gasteiger partial charge in [-0.05, 0) is 17.0 Å². The smallest absolute Gasteiger partial charge is 0.0489 e. The molecule has 0 unspecified atom stereocenters. The van der Waals surface area contributed by atoms with Crippen molar-refractivity contribution in [2.24, 2.45) is 6.98 Å². The Morgan fingerprint density at radius 2 is 2.31 bits per heavy atom. The summed E-state index contributed by atoms with van der Waals surface area (Å²) in [6, 6.07) is 3.41. The predicted molar refractivity (Wildman–Crippen MR) is 61.7 cm³/mol. The van der Waals surface area contributed by atoms with Crippen molar-refractivity contribution in [2.45, 2.75) is 0 Å². The van der Waals surface area contributed by atoms with Crippen molar-refractivity contribution >= 4 is 22.6 Å². The van der Waals surface area contributed by atoms with Crippen LogP contribution in [0, 0.1) is 0 Å². The van der Waals surface area contributed by atoms with E-state index in [1.54, 1.807) is 18.5 Å². The minimum atomic E-state index is -2.12. The summed E-state index contributed by atoms with van der Waals surface area (Å²) in [6.45, 7) is -2.12. The first kappa shape index (κ1) is 5.14. The average molecular weight is 298 g/mol. The maximum atomic E-state index is 6.82. The van der Waals surface area contributed by atoms with Gasteiger partial charge in [0.15, 0.2) is 0 Å². The lowest BCUT2D eigenvalue weighted by molar-refractivity contribution is 0.768. The van der Waals surface area contributed by atoms with Crippen molar-refractivity contribution < 1.29 is 8.22 Å². The summed E-state index contributed by atoms with van der Waals surface area (Å²) < 4.78 is 40.2. The molecule has 1 N–H and O–H groups in total. The summed E-state index contributed by atoms with van der Waals surface area (Å²) in [7, 11) is 0. The van der Waals surface area contributed by atoms with E-state index in [0.29, 0.717) is 0 Å². The lowest BCUT2D eigenvalue weighted by Gasteiger charge is -1.77. The molecule has 0 saturated heterocycles. The van der Waals surface area contributed by atoms with Crippen LogP contribution in [0.25, 0.3) is 0 Å². The molecular formula is C8H13IN4. The van der Waals surface area contributed by atoms with Gasteiger partial charge in [-0.2, -0.15) is 10.2 Å². The van der Waals surface area contributed by atoms with E-state index in [1.165, 1.54) is 35.0 Å². The van der Waals surface area contributed by atoms with Crippen LogP contribution in [-0.2, 0) is 6.98 Å². The van der Waals surface area contributed by atoms with Gasteiger partial charge in [0.1, 0.15) is 0 Å². The molecule has 2 rings (SSSR count). The highest BCUT2D eigenvalue weighted by molar-refractivity contribution is 14.1. The van der Waals surface area contributed by atoms with Crippen LogP contribution in [0.4, 0.5) is 0 Å². The second-order valence-electron chi connectivity index (χ2n) is 1.72. The molecule has 0 aliphatic rings. The third-order valence-corrected chi connectivity index (χ3v) is 0.910. The highest BCUT2D eigenvalue weighted by atomic mass is 127. The molecule has 72 valence electrons. The van der Waals surface area contributed by atoms with Crippen molar-refractivity contribution in [3.63, 3.8) is 0 Å². The Kier molecular flexibility index (Phi) is 3.65. The number of alkyl halides is 1. The Balaban J connectivity index is 0.000000278. The number of hydrogen-bond acceptors (Lipinski definition) is 2. The van der Waals surface area contributed by atoms with E-state index in [1.807, 2.05) is 6.07 Å². The third kappa shape index (κ3) is 7.51. The second kappa shape index (κ2) is 9.24. The predicted octanol–water partition coefficient (Wildman–Crippen LogP) is 1.88. The molecule has 2 aromatic heterocycles. The van der Waals surface area contributed by atoms with Crippen molar-refractivity contribution in [1.29, 1.82) is 0 Å². The van der Waals surface area contributed by atoms with E-state index < -0.39 is 11.8 Å². The number of aromatic amines is 1. The lowest BCUT2D eigenvalue weighted by atomic mass is 10.8. The Labute approximate surface area is 99.9 Å². The maximum absolute atomic E-state index is 6.82. The van der Waals surface area contributed by atoms with Gasteiger partial charge < -0.3 is 0 Å². The molecule has 2 aromatic rings. The third-order valence-electron chi connectivity index (χ3n) is 0.910. The van der Waals surface area contributed by atoms with Crippen LogP contribution in [0.15, 0.2) is 36.9 Å². The summed E-state index contributed by atoms with van der Waals surface area (Å²) in [5.74, 6) is 0. The molecule has 0 aromatic carbocycles. The van der Waals surface area contributed by atoms with Gasteiger partial charge in [0, 0.05) is 40.0 Å². The quantitative estimate of drug-likeness (QED) is 0.596. The fraction of sp³-hybridized carbons (Fsp3) is 0.250. The molecule has 0 amide bonds. The largest absolute Gasteiger partial charge is 0.286 e. The zero-order valence-corrected chi connectivity index (χ0v) is 8.84. The van der Waals surface area contributed by atoms with E-state index in [4.69, 9.17) is 8.22 Å². The molecule has 0 aliphatic carbocycles. The maximum Gasteiger partial charge on any atom is 0.0489 e. The molecule has 0 spiro atoms. The number of hydrogen-bond donors (Lipinski definition) is 1. The highest BCUT2D eigenvalue weighted by Crippen LogP contribution is 1.73. The molecule has 0 bridgehead atoms. The van der Waals surface area contributed by atoms with Crippen LogP contribution in [0.3, 0.4) is 0 Å². The summed E-state index contributed by atoms with van der Waals surface area (Å²) in [6.07, 6.45) is 6.30. The summed E-state index contributed by atoms with van der Waals surface area (Å²) in [4.78, 5) is -1.78. The van der Waals surface area contributed by atoms with Gasteiger partial charge >= 0.3 is 0 Å². The van der Waals surface area contributed by atoms with Gasteiger partial charge in [-0.25, -0.2) is 0 Å². The molecule has 13 heavy (non-hydrogen) atoms. The molecule has 0 saturated carbocycles. The van der Waals surface area contributed by atoms with Crippen molar-refractivity contribution in [2.75, 3.05) is 4.86 Å². The standard InChI is InChI=1S/C4H6N2.C3H4N2.CH3I/c1-6-4-2-3-5-6;1-2-4-5-3-1;1-2/h2-4H,1H3;1-3H,(H,4,5);1H3/i1D3;;1D3. The van der Waals surface area contributed by atoms with Crippen LogP contribution in [0.1, 0.15) is 8.22 Å². The Morgan fingerprint density at radius 3 is 2.54 bits per heavy atom. The molecule has 4 nitrogen and oxygen atoms in total. The van der Waals surface area contributed by atoms with Gasteiger partial charge in [0.05, 0.1) is 0 Å². The summed E-state index contributed by atoms with van der Waals surface area (Å²) >= 11 is 1.38. The van der Waals surface area contributed by atoms with Crippen molar-refractivity contribution in [1.82, 2.24) is 20.0 Å². The Hall–Kier alpha value is -0.850. The number of aromatic nitrogens is 4. The second-order valence-corrected chi connectivity index (χ2v) is 1.72. The zero-order chi connectivity index (χ0) is 14.9. The number of rotatable bonds is 0. The fourth-order valence-corrected chi connectivity index (χ4v) is 0.484. The van der Waals surface area contributed by atoms with E-state index in [2.05, 4.69) is 15.3 Å². The first-order valence-electron chi connectivity index (χ1n) is 6.23. The molecule has 0 aliphatic heterocycles. The SMILES string of the molecule is [2H]C([2H])([2H])I.[2H]C([2H])([2H])n1cccn1.c1cn[nH]c1. The first-order chi connectivity index (χ1) is 8.61. The van der Waals surface area contributed by atoms with Crippen LogP contribution >= 0.6 is 22.6 Å². The number of aryl methyl sites for hydroxylation is 1. The Morgan fingerprint density at radius 1 is 1.46 bits per heavy atom. The molecule has 0 atom stereocenters. The average Bonchev–Trinajstić information content (AvgIpc) is 2.91. The van der Waals surface area contributed by atoms with Crippen LogP contribution in [0.5, 0.6) is 0 Å². The minimum Gasteiger partial charge on any atom is -0.286 e. The van der Waals surface area contributed by atoms with Gasteiger partial charge in [0.2, 0.25) is 0 Å². The monoisotopic (exact) mass is 298 g/mol. The van der Waals surface area contributed by atoms with Gasteiger partial charge in [-0.15, -0.1) is 0 Å². The van der Waals surface area contributed by atoms with Gasteiger partial charge in [-0.3, -0.25) is 9.78 Å². The number of halogens is 1. The summed E-state index contributed by atoms with van der Waals surface area (Å²) in [5.41, 5.74) is 0. The van der Waals surface area contributed by atoms with Crippen LogP contribution < -0.4 is 0 Å². The van der Waals surface area contributed by atoms with Gasteiger partial charge in [0.25, 0.3) is 0 Å². The molecule has 0 radical (unpaired) electrons. The zero-order valence-electron chi connectivity index (χ0n) is 12.7. The minimum absolute atomic E-state index is 0.938. The number of H-pyrrole nitrogens is 1. The Bertz CT molecular complexity index is 384. The lowest BCUT2D eigenvalue weighted by Crippen LogP contribution is -1.83. The summed E-state index contributed by atoms with van der Waals surface area (Å²) in [5, 5.41) is 9.75. The van der Waals surface area contributed by atoms with E-state index in [-0.39, 0.29) is 0 Å². The number of nitrogens with one attached hydrogen (secondary N) is 1. The van der Waals surface area contributed by atoms with Crippen LogP contribution in [0.2, 0.25) is 0 Å². The van der Waals surface area contributed by atoms with Gasteiger partial charge in [-0.1, -0.05) is 22.6 Å². The van der Waals surface area contributed by atoms with Crippen molar-refractivity contribution in [3.05, 3.63) is 36.9 Å². The van der Waals surface area contributed by atoms with Crippen LogP contribution in [-0.4, -0.2) is 24.8 Å². The fourth-order valence-electron chi connectivity index (χ4n) is 0.484. The molecule has 2 heterocycles. The van der Waals surface area contributed by atoms with E-state index >= 15 is 0 Å². The topological polar surface area (TPSA) is 46.5 Å². The normalized spacial score (nSPS) is 16.4. The van der Waals surface area contributed by atoms with Crippen molar-refractivity contribution in [3.8, 4) is 0 Å².